The van der Waals surface area contributed by atoms with Crippen molar-refractivity contribution in [3.8, 4) is 0 Å². The fourth-order valence-corrected chi connectivity index (χ4v) is 1.97. The van der Waals surface area contributed by atoms with Crippen molar-refractivity contribution in [2.24, 2.45) is 17.6 Å². The highest BCUT2D eigenvalue weighted by Crippen LogP contribution is 2.35. The van der Waals surface area contributed by atoms with Crippen molar-refractivity contribution in [3.05, 3.63) is 0 Å². The van der Waals surface area contributed by atoms with Gasteiger partial charge in [-0.3, -0.25) is 4.79 Å². The molecule has 0 spiro atoms. The first kappa shape index (κ1) is 8.05. The fraction of sp³-hybridized carbons (Fsp3) is 0.889. The lowest BCUT2D eigenvalue weighted by atomic mass is 10.0. The SMILES string of the molecule is NC(=O)C1CNC(CC2CC2)C1. The summed E-state index contributed by atoms with van der Waals surface area (Å²) in [6, 6.07) is 0.565. The molecule has 0 aromatic rings. The molecule has 68 valence electrons. The van der Waals surface area contributed by atoms with E-state index in [4.69, 9.17) is 5.73 Å². The van der Waals surface area contributed by atoms with E-state index in [1.807, 2.05) is 0 Å². The molecule has 12 heavy (non-hydrogen) atoms. The van der Waals surface area contributed by atoms with Gasteiger partial charge in [0.1, 0.15) is 0 Å². The van der Waals surface area contributed by atoms with Crippen LogP contribution in [0.5, 0.6) is 0 Å². The zero-order valence-corrected chi connectivity index (χ0v) is 7.25. The van der Waals surface area contributed by atoms with Gasteiger partial charge < -0.3 is 11.1 Å². The van der Waals surface area contributed by atoms with E-state index in [0.717, 1.165) is 18.9 Å². The molecule has 1 saturated heterocycles. The van der Waals surface area contributed by atoms with Crippen LogP contribution < -0.4 is 11.1 Å². The quantitative estimate of drug-likeness (QED) is 0.634. The second-order valence-corrected chi connectivity index (χ2v) is 4.12. The van der Waals surface area contributed by atoms with E-state index in [1.165, 1.54) is 19.3 Å². The molecular formula is C9H16N2O. The monoisotopic (exact) mass is 168 g/mol. The number of nitrogens with one attached hydrogen (secondary N) is 1. The molecule has 1 amide bonds. The third-order valence-electron chi connectivity index (χ3n) is 2.94. The molecule has 3 N–H and O–H groups in total. The van der Waals surface area contributed by atoms with Gasteiger partial charge in [-0.1, -0.05) is 12.8 Å². The Morgan fingerprint density at radius 1 is 1.50 bits per heavy atom. The van der Waals surface area contributed by atoms with Gasteiger partial charge in [0.25, 0.3) is 0 Å². The number of carbonyl (C=O) groups is 1. The van der Waals surface area contributed by atoms with Crippen molar-refractivity contribution in [2.75, 3.05) is 6.54 Å². The van der Waals surface area contributed by atoms with E-state index < -0.39 is 0 Å². The van der Waals surface area contributed by atoms with Gasteiger partial charge in [0.05, 0.1) is 5.92 Å². The molecule has 1 saturated carbocycles. The van der Waals surface area contributed by atoms with Gasteiger partial charge in [-0.25, -0.2) is 0 Å². The van der Waals surface area contributed by atoms with E-state index in [1.54, 1.807) is 0 Å². The van der Waals surface area contributed by atoms with Gasteiger partial charge in [0, 0.05) is 12.6 Å². The number of hydrogen-bond donors (Lipinski definition) is 2. The maximum atomic E-state index is 10.8. The van der Waals surface area contributed by atoms with Gasteiger partial charge in [-0.2, -0.15) is 0 Å². The molecule has 3 nitrogen and oxygen atoms in total. The average molecular weight is 168 g/mol. The molecule has 0 aromatic heterocycles. The summed E-state index contributed by atoms with van der Waals surface area (Å²) >= 11 is 0. The summed E-state index contributed by atoms with van der Waals surface area (Å²) < 4.78 is 0. The number of rotatable bonds is 3. The molecule has 1 aliphatic carbocycles. The van der Waals surface area contributed by atoms with Crippen LogP contribution in [0.3, 0.4) is 0 Å². The van der Waals surface area contributed by atoms with Gasteiger partial charge in [-0.15, -0.1) is 0 Å². The van der Waals surface area contributed by atoms with Gasteiger partial charge in [-0.05, 0) is 18.8 Å². The molecule has 2 aliphatic rings. The number of nitrogens with two attached hydrogens (primary N) is 1. The summed E-state index contributed by atoms with van der Waals surface area (Å²) in [6.07, 6.45) is 4.99. The number of carbonyl (C=O) groups excluding carboxylic acids is 1. The van der Waals surface area contributed by atoms with E-state index in [9.17, 15) is 4.79 Å². The lowest BCUT2D eigenvalue weighted by Gasteiger charge is -2.07. The summed E-state index contributed by atoms with van der Waals surface area (Å²) in [5.41, 5.74) is 5.23. The highest BCUT2D eigenvalue weighted by Gasteiger charge is 2.32. The first-order valence-corrected chi connectivity index (χ1v) is 4.78. The second kappa shape index (κ2) is 3.05. The molecule has 1 aliphatic heterocycles. The van der Waals surface area contributed by atoms with Crippen molar-refractivity contribution in [3.63, 3.8) is 0 Å². The van der Waals surface area contributed by atoms with Crippen molar-refractivity contribution >= 4 is 5.91 Å². The van der Waals surface area contributed by atoms with E-state index >= 15 is 0 Å². The Bertz CT molecular complexity index is 189. The van der Waals surface area contributed by atoms with Crippen LogP contribution in [0, 0.1) is 11.8 Å². The first-order valence-electron chi connectivity index (χ1n) is 4.78. The van der Waals surface area contributed by atoms with Crippen molar-refractivity contribution in [1.29, 1.82) is 0 Å². The van der Waals surface area contributed by atoms with Crippen LogP contribution in [-0.4, -0.2) is 18.5 Å². The van der Waals surface area contributed by atoms with Crippen LogP contribution in [0.15, 0.2) is 0 Å². The summed E-state index contributed by atoms with van der Waals surface area (Å²) in [4.78, 5) is 10.8. The summed E-state index contributed by atoms with van der Waals surface area (Å²) in [5, 5.41) is 3.36. The maximum Gasteiger partial charge on any atom is 0.221 e. The maximum absolute atomic E-state index is 10.8. The standard InChI is InChI=1S/C9H16N2O/c10-9(12)7-4-8(11-5-7)3-6-1-2-6/h6-8,11H,1-5H2,(H2,10,12). The van der Waals surface area contributed by atoms with Crippen LogP contribution in [0.25, 0.3) is 0 Å². The highest BCUT2D eigenvalue weighted by atomic mass is 16.1. The molecule has 2 fully saturated rings. The fourth-order valence-electron chi connectivity index (χ4n) is 1.97. The molecule has 2 atom stereocenters. The predicted octanol–water partition coefficient (Wildman–Crippen LogP) is 0.250. The van der Waals surface area contributed by atoms with Crippen LogP contribution in [0.2, 0.25) is 0 Å². The molecule has 1 heterocycles. The number of primary amides is 1. The molecule has 2 unspecified atom stereocenters. The summed E-state index contributed by atoms with van der Waals surface area (Å²) in [6.45, 7) is 0.798. The van der Waals surface area contributed by atoms with E-state index in [2.05, 4.69) is 5.32 Å². The highest BCUT2D eigenvalue weighted by molar-refractivity contribution is 5.77. The largest absolute Gasteiger partial charge is 0.369 e. The summed E-state index contributed by atoms with van der Waals surface area (Å²) in [5.74, 6) is 0.892. The smallest absolute Gasteiger partial charge is 0.221 e. The predicted molar refractivity (Wildman–Crippen MR) is 46.4 cm³/mol. The molecular weight excluding hydrogens is 152 g/mol. The third kappa shape index (κ3) is 1.78. The Hall–Kier alpha value is -0.570. The minimum absolute atomic E-state index is 0.0914. The van der Waals surface area contributed by atoms with Crippen LogP contribution in [0.1, 0.15) is 25.7 Å². The van der Waals surface area contributed by atoms with Crippen molar-refractivity contribution in [2.45, 2.75) is 31.7 Å². The third-order valence-corrected chi connectivity index (χ3v) is 2.94. The Morgan fingerprint density at radius 2 is 2.25 bits per heavy atom. The van der Waals surface area contributed by atoms with E-state index in [0.29, 0.717) is 6.04 Å². The molecule has 0 radical (unpaired) electrons. The van der Waals surface area contributed by atoms with Gasteiger partial charge in [0.15, 0.2) is 0 Å². The van der Waals surface area contributed by atoms with Gasteiger partial charge >= 0.3 is 0 Å². The minimum Gasteiger partial charge on any atom is -0.369 e. The number of amides is 1. The minimum atomic E-state index is -0.138. The van der Waals surface area contributed by atoms with Crippen LogP contribution in [-0.2, 0) is 4.79 Å². The average Bonchev–Trinajstić information content (AvgIpc) is 2.66. The van der Waals surface area contributed by atoms with Crippen molar-refractivity contribution in [1.82, 2.24) is 5.32 Å². The lowest BCUT2D eigenvalue weighted by molar-refractivity contribution is -0.121. The number of hydrogen-bond acceptors (Lipinski definition) is 2. The molecule has 2 rings (SSSR count). The Morgan fingerprint density at radius 3 is 2.75 bits per heavy atom. The first-order chi connectivity index (χ1) is 5.75. The lowest BCUT2D eigenvalue weighted by Crippen LogP contribution is -2.25. The zero-order chi connectivity index (χ0) is 8.55. The van der Waals surface area contributed by atoms with E-state index in [-0.39, 0.29) is 11.8 Å². The van der Waals surface area contributed by atoms with Crippen LogP contribution in [0.4, 0.5) is 0 Å². The second-order valence-electron chi connectivity index (χ2n) is 4.12. The van der Waals surface area contributed by atoms with Crippen molar-refractivity contribution < 1.29 is 4.79 Å². The zero-order valence-electron chi connectivity index (χ0n) is 7.25. The Labute approximate surface area is 72.7 Å². The molecule has 0 aromatic carbocycles. The molecule has 0 bridgehead atoms. The van der Waals surface area contributed by atoms with Crippen LogP contribution >= 0.6 is 0 Å². The normalized spacial score (nSPS) is 35.3. The van der Waals surface area contributed by atoms with Gasteiger partial charge in [0.2, 0.25) is 5.91 Å². The Balaban J connectivity index is 1.76. The molecule has 3 heteroatoms. The Kier molecular flexibility index (Phi) is 2.05. The summed E-state index contributed by atoms with van der Waals surface area (Å²) in [7, 11) is 0. The topological polar surface area (TPSA) is 55.1 Å².